The zero-order valence-corrected chi connectivity index (χ0v) is 11.9. The number of allylic oxidation sites excluding steroid dienone is 6. The largest absolute Gasteiger partial charge is 0.294 e. The maximum atomic E-state index is 13.2. The Balaban J connectivity index is 1.56. The fraction of sp³-hybridized carbons (Fsp3) is 0.579. The van der Waals surface area contributed by atoms with Crippen LogP contribution in [-0.4, -0.2) is 11.6 Å². The van der Waals surface area contributed by atoms with E-state index >= 15 is 0 Å². The molecular weight excluding hydrogens is 260 g/mol. The van der Waals surface area contributed by atoms with Crippen molar-refractivity contribution in [1.82, 2.24) is 0 Å². The molecule has 2 fully saturated rings. The maximum absolute atomic E-state index is 13.2. The maximum Gasteiger partial charge on any atom is 0.164 e. The summed E-state index contributed by atoms with van der Waals surface area (Å²) < 4.78 is 0. The molecule has 4 bridgehead atoms. The molecule has 0 aliphatic heterocycles. The number of fused-ring (bicyclic) bond motifs is 5. The van der Waals surface area contributed by atoms with E-state index in [2.05, 4.69) is 24.3 Å². The van der Waals surface area contributed by atoms with Crippen LogP contribution in [-0.2, 0) is 9.59 Å². The molecule has 0 spiro atoms. The summed E-state index contributed by atoms with van der Waals surface area (Å²) in [5.74, 6) is 3.18. The van der Waals surface area contributed by atoms with Crippen molar-refractivity contribution in [2.24, 2.45) is 47.3 Å². The topological polar surface area (TPSA) is 34.1 Å². The Labute approximate surface area is 124 Å². The van der Waals surface area contributed by atoms with E-state index in [9.17, 15) is 9.59 Å². The van der Waals surface area contributed by atoms with Gasteiger partial charge in [0.2, 0.25) is 0 Å². The van der Waals surface area contributed by atoms with Gasteiger partial charge in [-0.15, -0.1) is 0 Å². The second kappa shape index (κ2) is 3.31. The van der Waals surface area contributed by atoms with Crippen molar-refractivity contribution in [3.05, 3.63) is 35.5 Å². The summed E-state index contributed by atoms with van der Waals surface area (Å²) in [7, 11) is 0. The van der Waals surface area contributed by atoms with Crippen LogP contribution in [0.2, 0.25) is 0 Å². The predicted molar refractivity (Wildman–Crippen MR) is 77.1 cm³/mol. The molecule has 2 saturated carbocycles. The van der Waals surface area contributed by atoms with E-state index in [0.29, 0.717) is 35.2 Å². The van der Waals surface area contributed by atoms with Gasteiger partial charge in [0.25, 0.3) is 0 Å². The molecule has 0 heterocycles. The highest BCUT2D eigenvalue weighted by atomic mass is 16.1. The van der Waals surface area contributed by atoms with Gasteiger partial charge in [-0.25, -0.2) is 0 Å². The van der Waals surface area contributed by atoms with Crippen LogP contribution in [0, 0.1) is 47.3 Å². The predicted octanol–water partition coefficient (Wildman–Crippen LogP) is 2.72. The molecule has 0 amide bonds. The first kappa shape index (κ1) is 11.2. The van der Waals surface area contributed by atoms with E-state index in [0.717, 1.165) is 17.6 Å². The Kier molecular flexibility index (Phi) is 1.76. The van der Waals surface area contributed by atoms with Crippen molar-refractivity contribution in [2.75, 3.05) is 0 Å². The van der Waals surface area contributed by atoms with Gasteiger partial charge in [0.05, 0.1) is 0 Å². The first-order valence-corrected chi connectivity index (χ1v) is 8.45. The highest BCUT2D eigenvalue weighted by molar-refractivity contribution is 6.16. The molecule has 0 N–H and O–H groups in total. The molecule has 8 atom stereocenters. The van der Waals surface area contributed by atoms with Gasteiger partial charge in [-0.3, -0.25) is 9.59 Å². The SMILES string of the molecule is O=C1C2=C(C(=O)[C@H]3[C@@H]1[C@H]1C=C[C@@H]3C1)[C@H]1C=C[C@@H]2[C@@H]2CC[C@@H]21. The smallest absolute Gasteiger partial charge is 0.164 e. The van der Waals surface area contributed by atoms with Crippen molar-refractivity contribution in [2.45, 2.75) is 19.3 Å². The summed E-state index contributed by atoms with van der Waals surface area (Å²) in [6, 6.07) is 0. The highest BCUT2D eigenvalue weighted by Gasteiger charge is 2.61. The molecule has 7 rings (SSSR count). The number of hydrogen-bond acceptors (Lipinski definition) is 2. The van der Waals surface area contributed by atoms with Crippen LogP contribution in [0.3, 0.4) is 0 Å². The molecule has 0 saturated heterocycles. The zero-order chi connectivity index (χ0) is 13.9. The van der Waals surface area contributed by atoms with E-state index in [1.165, 1.54) is 12.8 Å². The Morgan fingerprint density at radius 2 is 1.19 bits per heavy atom. The van der Waals surface area contributed by atoms with Crippen LogP contribution in [0.25, 0.3) is 0 Å². The molecule has 0 aromatic carbocycles. The fourth-order valence-electron chi connectivity index (χ4n) is 6.44. The van der Waals surface area contributed by atoms with Crippen molar-refractivity contribution in [3.63, 3.8) is 0 Å². The van der Waals surface area contributed by atoms with Gasteiger partial charge in [-0.2, -0.15) is 0 Å². The van der Waals surface area contributed by atoms with Gasteiger partial charge >= 0.3 is 0 Å². The zero-order valence-electron chi connectivity index (χ0n) is 11.9. The van der Waals surface area contributed by atoms with Crippen molar-refractivity contribution in [1.29, 1.82) is 0 Å². The monoisotopic (exact) mass is 278 g/mol. The number of Topliss-reactive ketones (excluding diaryl/α,β-unsaturated/α-hetero) is 2. The Hall–Kier alpha value is -1.44. The summed E-state index contributed by atoms with van der Waals surface area (Å²) >= 11 is 0. The lowest BCUT2D eigenvalue weighted by molar-refractivity contribution is -0.133. The van der Waals surface area contributed by atoms with Crippen LogP contribution in [0.15, 0.2) is 35.5 Å². The van der Waals surface area contributed by atoms with Gasteiger partial charge in [0.15, 0.2) is 11.6 Å². The first-order chi connectivity index (χ1) is 10.3. The van der Waals surface area contributed by atoms with Crippen molar-refractivity contribution >= 4 is 11.6 Å². The number of hydrogen-bond donors (Lipinski definition) is 0. The molecule has 7 aliphatic carbocycles. The first-order valence-electron chi connectivity index (χ1n) is 8.45. The second-order valence-electron chi connectivity index (χ2n) is 7.90. The Bertz CT molecular complexity index is 638. The van der Waals surface area contributed by atoms with Gasteiger partial charge < -0.3 is 0 Å². The van der Waals surface area contributed by atoms with Crippen LogP contribution in [0.4, 0.5) is 0 Å². The van der Waals surface area contributed by atoms with Crippen LogP contribution in [0.5, 0.6) is 0 Å². The van der Waals surface area contributed by atoms with Crippen LogP contribution < -0.4 is 0 Å². The standard InChI is InChI=1S/C19H18O2/c20-18-14-8-1-2-9(7-8)15(14)19(21)17-13-6-5-12(16(17)18)10-3-4-11(10)13/h1-2,5-6,8-15H,3-4,7H2/t8-,9+,10+,11-,12+,13-,14-,15+. The minimum atomic E-state index is -0.0162. The van der Waals surface area contributed by atoms with Crippen molar-refractivity contribution in [3.8, 4) is 0 Å². The van der Waals surface area contributed by atoms with Crippen LogP contribution in [0.1, 0.15) is 19.3 Å². The average molecular weight is 278 g/mol. The molecular formula is C19H18O2. The lowest BCUT2D eigenvalue weighted by atomic mass is 9.48. The molecule has 0 aromatic heterocycles. The van der Waals surface area contributed by atoms with Gasteiger partial charge in [-0.05, 0) is 42.9 Å². The summed E-state index contributed by atoms with van der Waals surface area (Å²) in [5, 5.41) is 0. The normalized spacial score (nSPS) is 54.7. The molecule has 0 unspecified atom stereocenters. The molecule has 0 radical (unpaired) electrons. The van der Waals surface area contributed by atoms with E-state index in [1.807, 2.05) is 0 Å². The van der Waals surface area contributed by atoms with E-state index < -0.39 is 0 Å². The molecule has 2 nitrogen and oxygen atoms in total. The molecule has 2 heteroatoms. The third kappa shape index (κ3) is 1.05. The number of carbonyl (C=O) groups excluding carboxylic acids is 2. The lowest BCUT2D eigenvalue weighted by Gasteiger charge is -2.55. The lowest BCUT2D eigenvalue weighted by Crippen LogP contribution is -2.53. The minimum Gasteiger partial charge on any atom is -0.294 e. The number of rotatable bonds is 0. The Morgan fingerprint density at radius 1 is 0.714 bits per heavy atom. The van der Waals surface area contributed by atoms with E-state index in [1.54, 1.807) is 0 Å². The van der Waals surface area contributed by atoms with Gasteiger partial charge in [0.1, 0.15) is 0 Å². The fourth-order valence-corrected chi connectivity index (χ4v) is 6.44. The third-order valence-electron chi connectivity index (χ3n) is 7.38. The average Bonchev–Trinajstić information content (AvgIpc) is 3.04. The van der Waals surface area contributed by atoms with Crippen molar-refractivity contribution < 1.29 is 9.59 Å². The second-order valence-corrected chi connectivity index (χ2v) is 7.90. The summed E-state index contributed by atoms with van der Waals surface area (Å²) in [6.07, 6.45) is 12.4. The van der Waals surface area contributed by atoms with Gasteiger partial charge in [0, 0.05) is 34.8 Å². The summed E-state index contributed by atoms with van der Waals surface area (Å²) in [5.41, 5.74) is 1.91. The summed E-state index contributed by atoms with van der Waals surface area (Å²) in [4.78, 5) is 26.3. The minimum absolute atomic E-state index is 0.0162. The van der Waals surface area contributed by atoms with E-state index in [4.69, 9.17) is 0 Å². The quantitative estimate of drug-likeness (QED) is 0.638. The Morgan fingerprint density at radius 3 is 1.62 bits per heavy atom. The molecule has 7 aliphatic rings. The number of carbonyl (C=O) groups is 2. The highest BCUT2D eigenvalue weighted by Crippen LogP contribution is 2.62. The number of ketones is 2. The molecule has 21 heavy (non-hydrogen) atoms. The van der Waals surface area contributed by atoms with Crippen LogP contribution >= 0.6 is 0 Å². The molecule has 0 aromatic rings. The van der Waals surface area contributed by atoms with Gasteiger partial charge in [-0.1, -0.05) is 24.3 Å². The molecule has 106 valence electrons. The van der Waals surface area contributed by atoms with E-state index in [-0.39, 0.29) is 23.7 Å². The third-order valence-corrected chi connectivity index (χ3v) is 7.38. The summed E-state index contributed by atoms with van der Waals surface area (Å²) in [6.45, 7) is 0.